The van der Waals surface area contributed by atoms with Gasteiger partial charge in [0, 0.05) is 43.7 Å². The number of sulfonamides is 1. The van der Waals surface area contributed by atoms with E-state index < -0.39 is 27.1 Å². The molecule has 1 aliphatic rings. The standard InChI is InChI=1S/C33H43N5O8S/c1-7-45-32(41)37-16-14-36(15-17-37)18-19-46-28-13-12-25(23-10-8-9-11-24(23)28)29(39)31(40)38(34)27-21-22(33(2,3)4)20-26(30(27)44-5)35-47(6,42)43/h8-13,20-21,35H,7,14-19,34H2,1-6H3. The van der Waals surface area contributed by atoms with E-state index in [1.165, 1.54) is 13.2 Å². The van der Waals surface area contributed by atoms with Gasteiger partial charge < -0.3 is 19.1 Å². The zero-order chi connectivity index (χ0) is 34.5. The van der Waals surface area contributed by atoms with Gasteiger partial charge in [0.25, 0.3) is 5.78 Å². The van der Waals surface area contributed by atoms with Crippen LogP contribution in [0.15, 0.2) is 48.5 Å². The molecular formula is C33H43N5O8S. The summed E-state index contributed by atoms with van der Waals surface area (Å²) in [6, 6.07) is 13.5. The van der Waals surface area contributed by atoms with E-state index in [2.05, 4.69) is 9.62 Å². The Labute approximate surface area is 275 Å². The number of hydrogen-bond donors (Lipinski definition) is 2. The number of amides is 2. The summed E-state index contributed by atoms with van der Waals surface area (Å²) in [4.78, 5) is 43.2. The van der Waals surface area contributed by atoms with Crippen LogP contribution in [-0.4, -0.2) is 95.3 Å². The molecule has 1 aliphatic heterocycles. The fourth-order valence-corrected chi connectivity index (χ4v) is 5.85. The van der Waals surface area contributed by atoms with Crippen molar-refractivity contribution in [2.24, 2.45) is 5.84 Å². The number of hydrazine groups is 1. The van der Waals surface area contributed by atoms with Crippen LogP contribution in [0.25, 0.3) is 10.8 Å². The number of ether oxygens (including phenoxy) is 3. The Morgan fingerprint density at radius 1 is 1.00 bits per heavy atom. The third-order valence-corrected chi connectivity index (χ3v) is 8.39. The number of hydrogen-bond acceptors (Lipinski definition) is 10. The van der Waals surface area contributed by atoms with Crippen molar-refractivity contribution in [3.63, 3.8) is 0 Å². The van der Waals surface area contributed by atoms with Crippen LogP contribution in [0.5, 0.6) is 11.5 Å². The van der Waals surface area contributed by atoms with Gasteiger partial charge >= 0.3 is 12.0 Å². The van der Waals surface area contributed by atoms with Crippen LogP contribution in [0.2, 0.25) is 0 Å². The Morgan fingerprint density at radius 3 is 2.26 bits per heavy atom. The lowest BCUT2D eigenvalue weighted by molar-refractivity contribution is -0.114. The lowest BCUT2D eigenvalue weighted by atomic mass is 9.86. The predicted octanol–water partition coefficient (Wildman–Crippen LogP) is 3.76. The molecule has 3 aromatic rings. The number of anilines is 2. The third kappa shape index (κ3) is 8.50. The molecule has 1 saturated heterocycles. The molecule has 1 fully saturated rings. The summed E-state index contributed by atoms with van der Waals surface area (Å²) in [5, 5.41) is 1.84. The third-order valence-electron chi connectivity index (χ3n) is 7.80. The van der Waals surface area contributed by atoms with Gasteiger partial charge in [0.2, 0.25) is 10.0 Å². The maximum absolute atomic E-state index is 13.7. The van der Waals surface area contributed by atoms with E-state index >= 15 is 0 Å². The van der Waals surface area contributed by atoms with Crippen LogP contribution >= 0.6 is 0 Å². The highest BCUT2D eigenvalue weighted by Gasteiger charge is 2.30. The summed E-state index contributed by atoms with van der Waals surface area (Å²) >= 11 is 0. The van der Waals surface area contributed by atoms with Gasteiger partial charge in [-0.05, 0) is 47.6 Å². The first-order valence-electron chi connectivity index (χ1n) is 15.3. The quantitative estimate of drug-likeness (QED) is 0.101. The van der Waals surface area contributed by atoms with Crippen molar-refractivity contribution in [2.75, 3.05) is 69.0 Å². The van der Waals surface area contributed by atoms with Crippen molar-refractivity contribution in [3.8, 4) is 11.5 Å². The number of nitrogens with two attached hydrogens (primary N) is 1. The Kier molecular flexibility index (Phi) is 11.0. The molecule has 47 heavy (non-hydrogen) atoms. The minimum absolute atomic E-state index is 0.0111. The number of piperazine rings is 1. The molecule has 3 N–H and O–H groups in total. The maximum atomic E-state index is 13.7. The average Bonchev–Trinajstić information content (AvgIpc) is 3.02. The molecule has 2 amide bonds. The Bertz CT molecular complexity index is 1750. The molecule has 3 aromatic carbocycles. The number of Topliss-reactive ketones (excluding diaryl/α,β-unsaturated/α-hetero) is 1. The Hall–Kier alpha value is -4.40. The fourth-order valence-electron chi connectivity index (χ4n) is 5.30. The molecule has 0 radical (unpaired) electrons. The van der Waals surface area contributed by atoms with Gasteiger partial charge in [-0.3, -0.25) is 19.2 Å². The first-order chi connectivity index (χ1) is 22.1. The van der Waals surface area contributed by atoms with Crippen LogP contribution < -0.4 is 25.0 Å². The normalized spacial score (nSPS) is 14.1. The Morgan fingerprint density at radius 2 is 1.66 bits per heavy atom. The van der Waals surface area contributed by atoms with E-state index in [-0.39, 0.29) is 28.8 Å². The molecular weight excluding hydrogens is 626 g/mol. The molecule has 254 valence electrons. The average molecular weight is 670 g/mol. The molecule has 1 heterocycles. The highest BCUT2D eigenvalue weighted by Crippen LogP contribution is 2.40. The van der Waals surface area contributed by atoms with Gasteiger partial charge in [-0.2, -0.15) is 0 Å². The van der Waals surface area contributed by atoms with E-state index in [0.717, 1.165) is 6.26 Å². The monoisotopic (exact) mass is 669 g/mol. The molecule has 0 aliphatic carbocycles. The summed E-state index contributed by atoms with van der Waals surface area (Å²) in [6.07, 6.45) is 0.699. The molecule has 0 saturated carbocycles. The fraction of sp³-hybridized carbons (Fsp3) is 0.424. The number of benzene rings is 3. The van der Waals surface area contributed by atoms with E-state index in [4.69, 9.17) is 20.1 Å². The molecule has 13 nitrogen and oxygen atoms in total. The van der Waals surface area contributed by atoms with E-state index in [1.54, 1.807) is 42.2 Å². The van der Waals surface area contributed by atoms with Crippen LogP contribution in [-0.2, 0) is 25.0 Å². The number of carbonyl (C=O) groups is 3. The van der Waals surface area contributed by atoms with Crippen LogP contribution in [0.3, 0.4) is 0 Å². The largest absolute Gasteiger partial charge is 0.492 e. The minimum Gasteiger partial charge on any atom is -0.492 e. The smallest absolute Gasteiger partial charge is 0.409 e. The molecule has 0 unspecified atom stereocenters. The first-order valence-corrected chi connectivity index (χ1v) is 17.2. The number of nitrogens with zero attached hydrogens (tertiary/aromatic N) is 3. The summed E-state index contributed by atoms with van der Waals surface area (Å²) in [5.74, 6) is 4.93. The van der Waals surface area contributed by atoms with Gasteiger partial charge in [-0.25, -0.2) is 24.1 Å². The molecule has 0 atom stereocenters. The lowest BCUT2D eigenvalue weighted by Gasteiger charge is -2.33. The number of carbonyl (C=O) groups excluding carboxylic acids is 3. The zero-order valence-electron chi connectivity index (χ0n) is 27.7. The summed E-state index contributed by atoms with van der Waals surface area (Å²) in [7, 11) is -2.40. The highest BCUT2D eigenvalue weighted by atomic mass is 32.2. The lowest BCUT2D eigenvalue weighted by Crippen LogP contribution is -2.49. The molecule has 0 aromatic heterocycles. The van der Waals surface area contributed by atoms with E-state index in [1.807, 2.05) is 32.9 Å². The van der Waals surface area contributed by atoms with Crippen molar-refractivity contribution in [2.45, 2.75) is 33.1 Å². The topological polar surface area (TPSA) is 161 Å². The second-order valence-electron chi connectivity index (χ2n) is 12.2. The van der Waals surface area contributed by atoms with Gasteiger partial charge in [-0.15, -0.1) is 0 Å². The molecule has 4 rings (SSSR count). The number of ketones is 1. The van der Waals surface area contributed by atoms with Crippen LogP contribution in [0.4, 0.5) is 16.2 Å². The molecule has 0 spiro atoms. The van der Waals surface area contributed by atoms with Gasteiger partial charge in [0.15, 0.2) is 5.75 Å². The van der Waals surface area contributed by atoms with Crippen molar-refractivity contribution < 1.29 is 37.0 Å². The minimum atomic E-state index is -3.72. The predicted molar refractivity (Wildman–Crippen MR) is 181 cm³/mol. The van der Waals surface area contributed by atoms with Crippen molar-refractivity contribution in [1.29, 1.82) is 0 Å². The van der Waals surface area contributed by atoms with E-state index in [9.17, 15) is 22.8 Å². The summed E-state index contributed by atoms with van der Waals surface area (Å²) < 4.78 is 43.4. The molecule has 0 bridgehead atoms. The van der Waals surface area contributed by atoms with Crippen molar-refractivity contribution >= 4 is 50.0 Å². The molecule has 14 heteroatoms. The Balaban J connectivity index is 1.55. The van der Waals surface area contributed by atoms with Gasteiger partial charge in [0.1, 0.15) is 18.0 Å². The van der Waals surface area contributed by atoms with Gasteiger partial charge in [0.05, 0.1) is 25.7 Å². The number of fused-ring (bicyclic) bond motifs is 1. The SMILES string of the molecule is CCOC(=O)N1CCN(CCOc2ccc(C(=O)C(=O)N(N)c3cc(C(C)(C)C)cc(NS(C)(=O)=O)c3OC)c3ccccc23)CC1. The second-order valence-corrected chi connectivity index (χ2v) is 14.0. The van der Waals surface area contributed by atoms with Crippen molar-refractivity contribution in [3.05, 3.63) is 59.7 Å². The summed E-state index contributed by atoms with van der Waals surface area (Å²) in [6.45, 7) is 11.4. The first kappa shape index (κ1) is 35.5. The van der Waals surface area contributed by atoms with Crippen LogP contribution in [0, 0.1) is 0 Å². The number of rotatable bonds is 11. The zero-order valence-corrected chi connectivity index (χ0v) is 28.5. The van der Waals surface area contributed by atoms with Crippen LogP contribution in [0.1, 0.15) is 43.6 Å². The van der Waals surface area contributed by atoms with Crippen molar-refractivity contribution in [1.82, 2.24) is 9.80 Å². The number of methoxy groups -OCH3 is 1. The summed E-state index contributed by atoms with van der Waals surface area (Å²) in [5.41, 5.74) is 0.427. The van der Waals surface area contributed by atoms with Gasteiger partial charge in [-0.1, -0.05) is 45.0 Å². The maximum Gasteiger partial charge on any atom is 0.409 e. The highest BCUT2D eigenvalue weighted by molar-refractivity contribution is 7.92. The second kappa shape index (κ2) is 14.6. The number of nitrogens with one attached hydrogen (secondary N) is 1. The van der Waals surface area contributed by atoms with E-state index in [0.29, 0.717) is 73.0 Å².